The molecular formula is C13H26N2O. The van der Waals surface area contributed by atoms with E-state index >= 15 is 0 Å². The van der Waals surface area contributed by atoms with Gasteiger partial charge in [0.05, 0.1) is 6.10 Å². The molecule has 3 atom stereocenters. The fourth-order valence-corrected chi connectivity index (χ4v) is 3.59. The summed E-state index contributed by atoms with van der Waals surface area (Å²) in [5.74, 6) is 0. The van der Waals surface area contributed by atoms with Crippen LogP contribution >= 0.6 is 0 Å². The van der Waals surface area contributed by atoms with Gasteiger partial charge in [0.1, 0.15) is 0 Å². The SMILES string of the molecule is CCC1CCCN1C1(CN)CCOC(C)C1. The predicted octanol–water partition coefficient (Wildman–Crippen LogP) is 1.76. The van der Waals surface area contributed by atoms with E-state index in [2.05, 4.69) is 18.7 Å². The van der Waals surface area contributed by atoms with Crippen molar-refractivity contribution in [2.24, 2.45) is 5.73 Å². The van der Waals surface area contributed by atoms with E-state index < -0.39 is 0 Å². The molecule has 2 N–H and O–H groups in total. The molecule has 0 aromatic heterocycles. The van der Waals surface area contributed by atoms with E-state index in [-0.39, 0.29) is 5.54 Å². The first-order valence-electron chi connectivity index (χ1n) is 6.80. The van der Waals surface area contributed by atoms with Crippen molar-refractivity contribution < 1.29 is 4.74 Å². The van der Waals surface area contributed by atoms with Gasteiger partial charge in [0.25, 0.3) is 0 Å². The first-order valence-corrected chi connectivity index (χ1v) is 6.80. The van der Waals surface area contributed by atoms with Gasteiger partial charge in [-0.1, -0.05) is 6.92 Å². The highest BCUT2D eigenvalue weighted by Crippen LogP contribution is 2.36. The lowest BCUT2D eigenvalue weighted by Crippen LogP contribution is -2.59. The smallest absolute Gasteiger partial charge is 0.0565 e. The Labute approximate surface area is 99.3 Å². The summed E-state index contributed by atoms with van der Waals surface area (Å²) in [5, 5.41) is 0. The molecule has 0 aromatic carbocycles. The summed E-state index contributed by atoms with van der Waals surface area (Å²) in [5.41, 5.74) is 6.33. The molecule has 94 valence electrons. The largest absolute Gasteiger partial charge is 0.378 e. The van der Waals surface area contributed by atoms with Gasteiger partial charge in [-0.15, -0.1) is 0 Å². The fourth-order valence-electron chi connectivity index (χ4n) is 3.59. The first kappa shape index (κ1) is 12.3. The summed E-state index contributed by atoms with van der Waals surface area (Å²) in [6.07, 6.45) is 6.56. The second-order valence-electron chi connectivity index (χ2n) is 5.46. The van der Waals surface area contributed by atoms with Crippen molar-refractivity contribution >= 4 is 0 Å². The van der Waals surface area contributed by atoms with E-state index in [1.807, 2.05) is 0 Å². The second kappa shape index (κ2) is 5.03. The first-order chi connectivity index (χ1) is 7.72. The van der Waals surface area contributed by atoms with Crippen LogP contribution in [0.3, 0.4) is 0 Å². The molecule has 0 aliphatic carbocycles. The van der Waals surface area contributed by atoms with Crippen LogP contribution in [-0.4, -0.2) is 42.3 Å². The third-order valence-corrected chi connectivity index (χ3v) is 4.47. The minimum Gasteiger partial charge on any atom is -0.378 e. The molecule has 0 saturated carbocycles. The zero-order valence-electron chi connectivity index (χ0n) is 10.7. The molecule has 2 rings (SSSR count). The maximum atomic E-state index is 6.10. The van der Waals surface area contributed by atoms with Crippen molar-refractivity contribution in [3.63, 3.8) is 0 Å². The van der Waals surface area contributed by atoms with Crippen LogP contribution in [0, 0.1) is 0 Å². The van der Waals surface area contributed by atoms with Crippen molar-refractivity contribution in [1.82, 2.24) is 4.90 Å². The molecule has 0 bridgehead atoms. The minimum absolute atomic E-state index is 0.231. The molecule has 2 heterocycles. The van der Waals surface area contributed by atoms with Crippen LogP contribution in [0.2, 0.25) is 0 Å². The quantitative estimate of drug-likeness (QED) is 0.797. The Balaban J connectivity index is 2.13. The molecule has 2 saturated heterocycles. The van der Waals surface area contributed by atoms with Gasteiger partial charge in [-0.25, -0.2) is 0 Å². The third-order valence-electron chi connectivity index (χ3n) is 4.47. The minimum atomic E-state index is 0.231. The average Bonchev–Trinajstić information content (AvgIpc) is 2.77. The Morgan fingerprint density at radius 3 is 2.94 bits per heavy atom. The number of rotatable bonds is 3. The van der Waals surface area contributed by atoms with E-state index in [0.717, 1.165) is 32.0 Å². The summed E-state index contributed by atoms with van der Waals surface area (Å²) >= 11 is 0. The zero-order valence-corrected chi connectivity index (χ0v) is 10.7. The van der Waals surface area contributed by atoms with Crippen molar-refractivity contribution in [2.75, 3.05) is 19.7 Å². The highest BCUT2D eigenvalue weighted by Gasteiger charge is 2.43. The number of nitrogens with two attached hydrogens (primary N) is 1. The zero-order chi connectivity index (χ0) is 11.6. The van der Waals surface area contributed by atoms with Gasteiger partial charge in [-0.3, -0.25) is 4.90 Å². The van der Waals surface area contributed by atoms with Crippen LogP contribution in [0.4, 0.5) is 0 Å². The molecule has 2 fully saturated rings. The van der Waals surface area contributed by atoms with E-state index in [4.69, 9.17) is 10.5 Å². The van der Waals surface area contributed by atoms with Gasteiger partial charge in [0, 0.05) is 24.7 Å². The van der Waals surface area contributed by atoms with Gasteiger partial charge in [0.15, 0.2) is 0 Å². The van der Waals surface area contributed by atoms with E-state index in [9.17, 15) is 0 Å². The summed E-state index contributed by atoms with van der Waals surface area (Å²) in [4.78, 5) is 2.70. The molecule has 2 aliphatic heterocycles. The lowest BCUT2D eigenvalue weighted by atomic mass is 9.84. The Kier molecular flexibility index (Phi) is 3.88. The molecule has 0 amide bonds. The van der Waals surface area contributed by atoms with Gasteiger partial charge in [-0.2, -0.15) is 0 Å². The summed E-state index contributed by atoms with van der Waals surface area (Å²) < 4.78 is 5.68. The molecule has 0 spiro atoms. The van der Waals surface area contributed by atoms with Gasteiger partial charge < -0.3 is 10.5 Å². The van der Waals surface area contributed by atoms with Crippen LogP contribution in [0.1, 0.15) is 46.0 Å². The van der Waals surface area contributed by atoms with Gasteiger partial charge in [0.2, 0.25) is 0 Å². The number of nitrogens with zero attached hydrogens (tertiary/aromatic N) is 1. The lowest BCUT2D eigenvalue weighted by Gasteiger charge is -2.48. The Morgan fingerprint density at radius 2 is 2.31 bits per heavy atom. The Morgan fingerprint density at radius 1 is 1.50 bits per heavy atom. The predicted molar refractivity (Wildman–Crippen MR) is 66.5 cm³/mol. The lowest BCUT2D eigenvalue weighted by molar-refractivity contribution is -0.0681. The fraction of sp³-hybridized carbons (Fsp3) is 1.00. The standard InChI is InChI=1S/C13H26N2O/c1-3-12-5-4-7-15(12)13(10-14)6-8-16-11(2)9-13/h11-12H,3-10,14H2,1-2H3. The number of ether oxygens (including phenoxy) is 1. The van der Waals surface area contributed by atoms with Crippen molar-refractivity contribution in [3.8, 4) is 0 Å². The molecule has 0 aromatic rings. The summed E-state index contributed by atoms with van der Waals surface area (Å²) in [6, 6.07) is 0.758. The molecule has 2 aliphatic rings. The van der Waals surface area contributed by atoms with Gasteiger partial charge in [-0.05, 0) is 45.6 Å². The van der Waals surface area contributed by atoms with E-state index in [1.54, 1.807) is 0 Å². The Bertz CT molecular complexity index is 234. The van der Waals surface area contributed by atoms with Crippen LogP contribution in [-0.2, 0) is 4.74 Å². The number of hydrogen-bond donors (Lipinski definition) is 1. The average molecular weight is 226 g/mol. The van der Waals surface area contributed by atoms with Crippen LogP contribution < -0.4 is 5.73 Å². The Hall–Kier alpha value is -0.120. The molecule has 3 nitrogen and oxygen atoms in total. The highest BCUT2D eigenvalue weighted by atomic mass is 16.5. The topological polar surface area (TPSA) is 38.5 Å². The maximum Gasteiger partial charge on any atom is 0.0565 e. The van der Waals surface area contributed by atoms with E-state index in [0.29, 0.717) is 6.10 Å². The van der Waals surface area contributed by atoms with Crippen LogP contribution in [0.5, 0.6) is 0 Å². The highest BCUT2D eigenvalue weighted by molar-refractivity contribution is 5.00. The summed E-state index contributed by atoms with van der Waals surface area (Å²) in [6.45, 7) is 7.39. The molecule has 16 heavy (non-hydrogen) atoms. The van der Waals surface area contributed by atoms with Gasteiger partial charge >= 0.3 is 0 Å². The number of hydrogen-bond acceptors (Lipinski definition) is 3. The third kappa shape index (κ3) is 2.13. The van der Waals surface area contributed by atoms with Crippen molar-refractivity contribution in [3.05, 3.63) is 0 Å². The normalized spacial score (nSPS) is 41.4. The molecule has 0 radical (unpaired) electrons. The maximum absolute atomic E-state index is 6.10. The molecule has 3 heteroatoms. The second-order valence-corrected chi connectivity index (χ2v) is 5.46. The van der Waals surface area contributed by atoms with Crippen LogP contribution in [0.15, 0.2) is 0 Å². The summed E-state index contributed by atoms with van der Waals surface area (Å²) in [7, 11) is 0. The number of likely N-dealkylation sites (tertiary alicyclic amines) is 1. The monoisotopic (exact) mass is 226 g/mol. The molecular weight excluding hydrogens is 200 g/mol. The van der Waals surface area contributed by atoms with E-state index in [1.165, 1.54) is 25.8 Å². The molecule has 3 unspecified atom stereocenters. The van der Waals surface area contributed by atoms with Crippen LogP contribution in [0.25, 0.3) is 0 Å². The van der Waals surface area contributed by atoms with Crippen molar-refractivity contribution in [1.29, 1.82) is 0 Å². The van der Waals surface area contributed by atoms with Crippen molar-refractivity contribution in [2.45, 2.75) is 63.6 Å².